The molecule has 0 spiro atoms. The van der Waals surface area contributed by atoms with E-state index in [1.54, 1.807) is 17.5 Å². The van der Waals surface area contributed by atoms with E-state index in [0.717, 1.165) is 52.1 Å². The number of benzene rings is 1. The van der Waals surface area contributed by atoms with Gasteiger partial charge in [0.15, 0.2) is 5.82 Å². The summed E-state index contributed by atoms with van der Waals surface area (Å²) in [5.74, 6) is 1.19. The number of aliphatic hydroxyl groups is 1. The number of aliphatic hydroxyl groups excluding tert-OH is 1. The number of nitrogens with zero attached hydrogens (tertiary/aromatic N) is 3. The molecule has 1 amide bonds. The van der Waals surface area contributed by atoms with E-state index in [1.165, 1.54) is 0 Å². The Labute approximate surface area is 213 Å². The fourth-order valence-corrected chi connectivity index (χ4v) is 5.82. The number of rotatable bonds is 9. The number of anilines is 1. The summed E-state index contributed by atoms with van der Waals surface area (Å²) in [6.45, 7) is 0.612. The minimum absolute atomic E-state index is 0.0180. The molecule has 186 valence electrons. The van der Waals surface area contributed by atoms with E-state index in [4.69, 9.17) is 20.4 Å². The number of fused-ring (bicyclic) bond motifs is 1. The Morgan fingerprint density at radius 3 is 2.72 bits per heavy atom. The molecule has 3 heterocycles. The molecule has 9 heteroatoms. The lowest BCUT2D eigenvalue weighted by Gasteiger charge is -2.35. The predicted molar refractivity (Wildman–Crippen MR) is 141 cm³/mol. The highest BCUT2D eigenvalue weighted by atomic mass is 32.1. The lowest BCUT2D eigenvalue weighted by molar-refractivity contribution is -0.127. The van der Waals surface area contributed by atoms with E-state index < -0.39 is 5.91 Å². The number of hydrogen-bond acceptors (Lipinski definition) is 8. The van der Waals surface area contributed by atoms with Crippen molar-refractivity contribution >= 4 is 33.3 Å². The maximum atomic E-state index is 11.1. The van der Waals surface area contributed by atoms with Crippen molar-refractivity contribution < 1.29 is 14.6 Å². The maximum Gasteiger partial charge on any atom is 0.243 e. The fraction of sp³-hybridized carbons (Fsp3) is 0.333. The van der Waals surface area contributed by atoms with Gasteiger partial charge in [-0.2, -0.15) is 0 Å². The first-order valence-electron chi connectivity index (χ1n) is 12.1. The van der Waals surface area contributed by atoms with Crippen LogP contribution in [0.2, 0.25) is 0 Å². The largest absolute Gasteiger partial charge is 0.396 e. The van der Waals surface area contributed by atoms with Gasteiger partial charge in [0.25, 0.3) is 0 Å². The second-order valence-corrected chi connectivity index (χ2v) is 9.98. The predicted octanol–water partition coefficient (Wildman–Crippen LogP) is 4.11. The summed E-state index contributed by atoms with van der Waals surface area (Å²) in [6.07, 6.45) is 4.08. The van der Waals surface area contributed by atoms with Crippen LogP contribution in [0.1, 0.15) is 19.3 Å². The highest BCUT2D eigenvalue weighted by Crippen LogP contribution is 2.38. The van der Waals surface area contributed by atoms with Crippen molar-refractivity contribution in [3.05, 3.63) is 60.1 Å². The molecule has 1 aliphatic carbocycles. The Bertz CT molecular complexity index is 1320. The van der Waals surface area contributed by atoms with Crippen LogP contribution in [0.4, 0.5) is 5.82 Å². The molecular formula is C27H29N5O3S. The number of thiophene rings is 1. The summed E-state index contributed by atoms with van der Waals surface area (Å²) < 4.78 is 5.65. The van der Waals surface area contributed by atoms with Crippen LogP contribution in [0.3, 0.4) is 0 Å². The maximum absolute atomic E-state index is 11.1. The van der Waals surface area contributed by atoms with Crippen LogP contribution in [-0.2, 0) is 9.53 Å². The zero-order chi connectivity index (χ0) is 24.9. The summed E-state index contributed by atoms with van der Waals surface area (Å²) in [5.41, 5.74) is 8.17. The number of amides is 1. The second-order valence-electron chi connectivity index (χ2n) is 9.12. The molecule has 0 radical (unpaired) electrons. The zero-order valence-electron chi connectivity index (χ0n) is 19.8. The molecule has 3 unspecified atom stereocenters. The molecule has 1 fully saturated rings. The number of aromatic nitrogens is 3. The molecular weight excluding hydrogens is 474 g/mol. The van der Waals surface area contributed by atoms with E-state index in [9.17, 15) is 9.90 Å². The van der Waals surface area contributed by atoms with Crippen molar-refractivity contribution in [1.29, 1.82) is 0 Å². The van der Waals surface area contributed by atoms with Crippen LogP contribution in [0, 0.1) is 11.8 Å². The molecule has 0 bridgehead atoms. The van der Waals surface area contributed by atoms with Gasteiger partial charge < -0.3 is 20.9 Å². The van der Waals surface area contributed by atoms with E-state index in [-0.39, 0.29) is 25.2 Å². The number of ether oxygens (including phenoxy) is 1. The highest BCUT2D eigenvalue weighted by molar-refractivity contribution is 7.17. The fourth-order valence-electron chi connectivity index (χ4n) is 4.87. The number of hydrogen-bond donors (Lipinski definition) is 3. The van der Waals surface area contributed by atoms with Gasteiger partial charge >= 0.3 is 0 Å². The van der Waals surface area contributed by atoms with E-state index >= 15 is 0 Å². The monoisotopic (exact) mass is 503 g/mol. The Kier molecular flexibility index (Phi) is 7.50. The van der Waals surface area contributed by atoms with Crippen molar-refractivity contribution in [3.8, 4) is 22.6 Å². The third-order valence-corrected chi connectivity index (χ3v) is 7.54. The first kappa shape index (κ1) is 24.3. The molecule has 3 aromatic heterocycles. The van der Waals surface area contributed by atoms with E-state index in [2.05, 4.69) is 27.8 Å². The number of nitrogens with two attached hydrogens (primary N) is 1. The van der Waals surface area contributed by atoms with E-state index in [0.29, 0.717) is 18.3 Å². The first-order chi connectivity index (χ1) is 17.6. The minimum Gasteiger partial charge on any atom is -0.396 e. The molecule has 1 aliphatic rings. The average molecular weight is 504 g/mol. The molecule has 3 atom stereocenters. The van der Waals surface area contributed by atoms with Crippen molar-refractivity contribution in [3.63, 3.8) is 0 Å². The number of nitrogens with one attached hydrogen (secondary N) is 1. The summed E-state index contributed by atoms with van der Waals surface area (Å²) in [4.78, 5) is 26.2. The quantitative estimate of drug-likeness (QED) is 0.314. The topological polar surface area (TPSA) is 123 Å². The molecule has 1 aromatic carbocycles. The van der Waals surface area contributed by atoms with Gasteiger partial charge in [-0.15, -0.1) is 11.3 Å². The van der Waals surface area contributed by atoms with Gasteiger partial charge in [-0.25, -0.2) is 9.97 Å². The summed E-state index contributed by atoms with van der Waals surface area (Å²) in [7, 11) is 0. The zero-order valence-corrected chi connectivity index (χ0v) is 20.7. The summed E-state index contributed by atoms with van der Waals surface area (Å²) >= 11 is 1.60. The number of carbonyl (C=O) groups excluding carboxylic acids is 1. The van der Waals surface area contributed by atoms with Crippen molar-refractivity contribution in [2.24, 2.45) is 17.6 Å². The van der Waals surface area contributed by atoms with Gasteiger partial charge in [0.2, 0.25) is 5.91 Å². The van der Waals surface area contributed by atoms with Crippen LogP contribution in [0.5, 0.6) is 0 Å². The molecule has 36 heavy (non-hydrogen) atoms. The first-order valence-corrected chi connectivity index (χ1v) is 13.0. The van der Waals surface area contributed by atoms with Gasteiger partial charge in [0.05, 0.1) is 11.5 Å². The Morgan fingerprint density at radius 1 is 1.14 bits per heavy atom. The molecule has 0 aliphatic heterocycles. The number of carbonyl (C=O) groups is 1. The van der Waals surface area contributed by atoms with Crippen LogP contribution >= 0.6 is 11.3 Å². The number of pyridine rings is 1. The summed E-state index contributed by atoms with van der Waals surface area (Å²) in [6, 6.07) is 16.0. The lowest BCUT2D eigenvalue weighted by Crippen LogP contribution is -2.37. The van der Waals surface area contributed by atoms with Gasteiger partial charge in [-0.3, -0.25) is 9.78 Å². The average Bonchev–Trinajstić information content (AvgIpc) is 3.36. The number of primary amides is 1. The Morgan fingerprint density at radius 2 is 1.97 bits per heavy atom. The third-order valence-electron chi connectivity index (χ3n) is 6.67. The normalized spacial score (nSPS) is 19.9. The SMILES string of the molecule is NC(=O)COC1CCC(CNc2nc(-c3ccccn3)nc3scc(-c4ccccc4)c23)CC1CO. The molecule has 0 saturated heterocycles. The van der Waals surface area contributed by atoms with E-state index in [1.807, 2.05) is 36.4 Å². The van der Waals surface area contributed by atoms with Gasteiger partial charge in [-0.1, -0.05) is 36.4 Å². The van der Waals surface area contributed by atoms with Gasteiger partial charge in [-0.05, 0) is 42.9 Å². The van der Waals surface area contributed by atoms with Crippen LogP contribution in [0.25, 0.3) is 32.9 Å². The van der Waals surface area contributed by atoms with Crippen molar-refractivity contribution in [2.45, 2.75) is 25.4 Å². The molecule has 5 rings (SSSR count). The van der Waals surface area contributed by atoms with Crippen molar-refractivity contribution in [1.82, 2.24) is 15.0 Å². The molecule has 8 nitrogen and oxygen atoms in total. The van der Waals surface area contributed by atoms with Crippen LogP contribution in [-0.4, -0.2) is 51.8 Å². The third kappa shape index (κ3) is 5.38. The smallest absolute Gasteiger partial charge is 0.243 e. The van der Waals surface area contributed by atoms with Crippen molar-refractivity contribution in [2.75, 3.05) is 25.1 Å². The van der Waals surface area contributed by atoms with Gasteiger partial charge in [0.1, 0.15) is 22.9 Å². The molecule has 4 N–H and O–H groups in total. The van der Waals surface area contributed by atoms with Gasteiger partial charge in [0, 0.05) is 36.2 Å². The minimum atomic E-state index is -0.489. The summed E-state index contributed by atoms with van der Waals surface area (Å²) in [5, 5.41) is 16.7. The van der Waals surface area contributed by atoms with Crippen LogP contribution in [0.15, 0.2) is 60.1 Å². The Hall–Kier alpha value is -3.40. The molecule has 1 saturated carbocycles. The lowest BCUT2D eigenvalue weighted by atomic mass is 9.79. The van der Waals surface area contributed by atoms with Crippen LogP contribution < -0.4 is 11.1 Å². The Balaban J connectivity index is 1.41. The second kappa shape index (κ2) is 11.1. The molecule has 4 aromatic rings. The standard InChI is InChI=1S/C27H29N5O3S/c28-23(34)15-35-22-10-9-17(12-19(22)14-33)13-30-26-24-20(18-6-2-1-3-7-18)16-36-27(24)32-25(31-26)21-8-4-5-11-29-21/h1-8,11,16-17,19,22,33H,9-10,12-15H2,(H2,28,34)(H,30,31,32). The highest BCUT2D eigenvalue weighted by Gasteiger charge is 2.31.